The molecule has 2 aromatic rings. The number of rotatable bonds is 3. The number of ether oxygens (including phenoxy) is 1. The summed E-state index contributed by atoms with van der Waals surface area (Å²) < 4.78 is 6.96. The summed E-state index contributed by atoms with van der Waals surface area (Å²) in [5.74, 6) is -0.0560. The predicted octanol–water partition coefficient (Wildman–Crippen LogP) is 1.31. The molecule has 2 saturated heterocycles. The molecule has 0 spiro atoms. The number of benzene rings is 1. The largest absolute Gasteiger partial charge is 0.447 e. The summed E-state index contributed by atoms with van der Waals surface area (Å²) in [6.07, 6.45) is 3.67. The average molecular weight is 340 g/mol. The van der Waals surface area contributed by atoms with Crippen LogP contribution < -0.4 is 0 Å². The maximum Gasteiger partial charge on any atom is 0.410 e. The van der Waals surface area contributed by atoms with Gasteiger partial charge in [0.2, 0.25) is 0 Å². The standard InChI is InChI=1S/C18H20N4O3/c1-20-11-15(10-19-20)16(23)21-7-8-22-17(24)25-13-18(22,12-21)9-14-5-3-2-4-6-14/h2-6,10-11H,7-9,12-13H2,1H3. The number of carbonyl (C=O) groups is 2. The fraction of sp³-hybridized carbons (Fsp3) is 0.389. The van der Waals surface area contributed by atoms with E-state index in [1.54, 1.807) is 33.9 Å². The number of amides is 2. The highest BCUT2D eigenvalue weighted by molar-refractivity contribution is 5.94. The molecular formula is C18H20N4O3. The first-order valence-electron chi connectivity index (χ1n) is 8.34. The fourth-order valence-electron chi connectivity index (χ4n) is 3.73. The highest BCUT2D eigenvalue weighted by atomic mass is 16.6. The molecule has 25 heavy (non-hydrogen) atoms. The Bertz CT molecular complexity index is 804. The lowest BCUT2D eigenvalue weighted by Gasteiger charge is -2.44. The highest BCUT2D eigenvalue weighted by Crippen LogP contribution is 2.32. The van der Waals surface area contributed by atoms with Crippen molar-refractivity contribution < 1.29 is 14.3 Å². The second-order valence-electron chi connectivity index (χ2n) is 6.72. The van der Waals surface area contributed by atoms with Gasteiger partial charge in [0, 0.05) is 39.3 Å². The van der Waals surface area contributed by atoms with Crippen molar-refractivity contribution in [3.8, 4) is 0 Å². The smallest absolute Gasteiger partial charge is 0.410 e. The maximum absolute atomic E-state index is 12.8. The number of aryl methyl sites for hydroxylation is 1. The van der Waals surface area contributed by atoms with E-state index in [0.29, 0.717) is 38.2 Å². The van der Waals surface area contributed by atoms with Crippen LogP contribution in [0.15, 0.2) is 42.7 Å². The molecule has 1 aromatic carbocycles. The topological polar surface area (TPSA) is 67.7 Å². The number of nitrogens with zero attached hydrogens (tertiary/aromatic N) is 4. The number of piperazine rings is 1. The molecule has 2 fully saturated rings. The van der Waals surface area contributed by atoms with Gasteiger partial charge in [0.05, 0.1) is 11.8 Å². The first kappa shape index (κ1) is 15.7. The molecule has 2 aliphatic rings. The molecule has 0 radical (unpaired) electrons. The second kappa shape index (κ2) is 5.91. The summed E-state index contributed by atoms with van der Waals surface area (Å²) in [5.41, 5.74) is 1.19. The van der Waals surface area contributed by atoms with E-state index in [9.17, 15) is 9.59 Å². The first-order valence-corrected chi connectivity index (χ1v) is 8.34. The van der Waals surface area contributed by atoms with Crippen molar-refractivity contribution >= 4 is 12.0 Å². The van der Waals surface area contributed by atoms with E-state index >= 15 is 0 Å². The molecule has 130 valence electrons. The Hall–Kier alpha value is -2.83. The van der Waals surface area contributed by atoms with Crippen molar-refractivity contribution in [1.29, 1.82) is 0 Å². The van der Waals surface area contributed by atoms with Crippen molar-refractivity contribution in [3.63, 3.8) is 0 Å². The third-order valence-corrected chi connectivity index (χ3v) is 4.95. The lowest BCUT2D eigenvalue weighted by molar-refractivity contribution is 0.0375. The Labute approximate surface area is 145 Å². The molecule has 7 heteroatoms. The van der Waals surface area contributed by atoms with Gasteiger partial charge < -0.3 is 9.64 Å². The number of aromatic nitrogens is 2. The molecule has 1 atom stereocenters. The summed E-state index contributed by atoms with van der Waals surface area (Å²) in [4.78, 5) is 28.5. The van der Waals surface area contributed by atoms with Crippen LogP contribution in [0.3, 0.4) is 0 Å². The normalized spacial score (nSPS) is 22.7. The number of hydrogen-bond donors (Lipinski definition) is 0. The average Bonchev–Trinajstić information content (AvgIpc) is 3.19. The minimum Gasteiger partial charge on any atom is -0.447 e. The Morgan fingerprint density at radius 1 is 1.28 bits per heavy atom. The van der Waals surface area contributed by atoms with E-state index in [-0.39, 0.29) is 12.0 Å². The van der Waals surface area contributed by atoms with E-state index in [1.807, 2.05) is 30.3 Å². The third kappa shape index (κ3) is 2.75. The van der Waals surface area contributed by atoms with Crippen LogP contribution in [0.5, 0.6) is 0 Å². The third-order valence-electron chi connectivity index (χ3n) is 4.95. The molecule has 0 aliphatic carbocycles. The van der Waals surface area contributed by atoms with Gasteiger partial charge in [-0.05, 0) is 5.56 Å². The summed E-state index contributed by atoms with van der Waals surface area (Å²) in [7, 11) is 1.79. The number of cyclic esters (lactones) is 1. The van der Waals surface area contributed by atoms with E-state index in [0.717, 1.165) is 5.56 Å². The molecule has 7 nitrogen and oxygen atoms in total. The minimum absolute atomic E-state index is 0.0560. The number of hydrogen-bond acceptors (Lipinski definition) is 4. The van der Waals surface area contributed by atoms with Crippen LogP contribution in [-0.4, -0.2) is 63.4 Å². The number of carbonyl (C=O) groups excluding carboxylic acids is 2. The molecule has 0 saturated carbocycles. The maximum atomic E-state index is 12.8. The SMILES string of the molecule is Cn1cc(C(=O)N2CCN3C(=O)OCC3(Cc3ccccc3)C2)cn1. The molecule has 1 aromatic heterocycles. The van der Waals surface area contributed by atoms with Gasteiger partial charge in [-0.2, -0.15) is 5.10 Å². The van der Waals surface area contributed by atoms with Crippen LogP contribution >= 0.6 is 0 Å². The Morgan fingerprint density at radius 3 is 2.80 bits per heavy atom. The molecule has 4 rings (SSSR count). The Balaban J connectivity index is 1.60. The van der Waals surface area contributed by atoms with Crippen LogP contribution in [0.2, 0.25) is 0 Å². The lowest BCUT2D eigenvalue weighted by atomic mass is 9.88. The zero-order valence-electron chi connectivity index (χ0n) is 14.1. The van der Waals surface area contributed by atoms with Crippen LogP contribution in [0.1, 0.15) is 15.9 Å². The van der Waals surface area contributed by atoms with Crippen LogP contribution in [0.25, 0.3) is 0 Å². The Kier molecular flexibility index (Phi) is 3.71. The van der Waals surface area contributed by atoms with Gasteiger partial charge in [-0.25, -0.2) is 4.79 Å². The van der Waals surface area contributed by atoms with Gasteiger partial charge in [-0.15, -0.1) is 0 Å². The van der Waals surface area contributed by atoms with Gasteiger partial charge >= 0.3 is 6.09 Å². The van der Waals surface area contributed by atoms with E-state index in [1.165, 1.54) is 0 Å². The van der Waals surface area contributed by atoms with Crippen molar-refractivity contribution in [2.45, 2.75) is 12.0 Å². The Morgan fingerprint density at radius 2 is 2.08 bits per heavy atom. The fourth-order valence-corrected chi connectivity index (χ4v) is 3.73. The molecule has 0 bridgehead atoms. The molecule has 2 aliphatic heterocycles. The molecule has 2 amide bonds. The van der Waals surface area contributed by atoms with Crippen molar-refractivity contribution in [2.24, 2.45) is 7.05 Å². The van der Waals surface area contributed by atoms with E-state index < -0.39 is 5.54 Å². The molecule has 0 N–H and O–H groups in total. The van der Waals surface area contributed by atoms with Crippen molar-refractivity contribution in [2.75, 3.05) is 26.2 Å². The highest BCUT2D eigenvalue weighted by Gasteiger charge is 2.51. The van der Waals surface area contributed by atoms with Gasteiger partial charge in [-0.3, -0.25) is 14.4 Å². The molecule has 1 unspecified atom stereocenters. The van der Waals surface area contributed by atoms with E-state index in [2.05, 4.69) is 5.10 Å². The summed E-state index contributed by atoms with van der Waals surface area (Å²) in [5, 5.41) is 4.08. The first-order chi connectivity index (χ1) is 12.1. The zero-order valence-corrected chi connectivity index (χ0v) is 14.1. The summed E-state index contributed by atoms with van der Waals surface area (Å²) in [6.45, 7) is 1.75. The predicted molar refractivity (Wildman–Crippen MR) is 90.0 cm³/mol. The van der Waals surface area contributed by atoms with Crippen molar-refractivity contribution in [3.05, 3.63) is 53.9 Å². The van der Waals surface area contributed by atoms with E-state index in [4.69, 9.17) is 4.74 Å². The summed E-state index contributed by atoms with van der Waals surface area (Å²) >= 11 is 0. The van der Waals surface area contributed by atoms with Crippen LogP contribution in [0, 0.1) is 0 Å². The van der Waals surface area contributed by atoms with Gasteiger partial charge in [0.1, 0.15) is 12.1 Å². The quantitative estimate of drug-likeness (QED) is 0.845. The van der Waals surface area contributed by atoms with Gasteiger partial charge in [0.25, 0.3) is 5.91 Å². The zero-order chi connectivity index (χ0) is 17.4. The monoisotopic (exact) mass is 340 g/mol. The summed E-state index contributed by atoms with van der Waals surface area (Å²) in [6, 6.07) is 10.0. The van der Waals surface area contributed by atoms with Crippen LogP contribution in [0.4, 0.5) is 4.79 Å². The lowest BCUT2D eigenvalue weighted by Crippen LogP contribution is -2.63. The second-order valence-corrected chi connectivity index (χ2v) is 6.72. The molecule has 3 heterocycles. The van der Waals surface area contributed by atoms with Crippen molar-refractivity contribution in [1.82, 2.24) is 19.6 Å². The van der Waals surface area contributed by atoms with Crippen LogP contribution in [-0.2, 0) is 18.2 Å². The van der Waals surface area contributed by atoms with Gasteiger partial charge in [-0.1, -0.05) is 30.3 Å². The minimum atomic E-state index is -0.505. The van der Waals surface area contributed by atoms with Gasteiger partial charge in [0.15, 0.2) is 0 Å². The molecular weight excluding hydrogens is 320 g/mol. The number of fused-ring (bicyclic) bond motifs is 1.